The fourth-order valence-corrected chi connectivity index (χ4v) is 3.29. The van der Waals surface area contributed by atoms with Gasteiger partial charge in [-0.3, -0.25) is 4.79 Å². The smallest absolute Gasteiger partial charge is 0.164 e. The molecule has 0 unspecified atom stereocenters. The van der Waals surface area contributed by atoms with Gasteiger partial charge in [-0.25, -0.2) is 0 Å². The summed E-state index contributed by atoms with van der Waals surface area (Å²) in [4.78, 5) is 12.4. The molecule has 3 heteroatoms. The lowest BCUT2D eigenvalue weighted by Gasteiger charge is -2.04. The van der Waals surface area contributed by atoms with Crippen LogP contribution in [0.3, 0.4) is 0 Å². The zero-order chi connectivity index (χ0) is 13.9. The Morgan fingerprint density at radius 1 is 1.10 bits per heavy atom. The molecular formula is C17H15NOS. The molecule has 2 aromatic carbocycles. The monoisotopic (exact) mass is 281 g/mol. The Balaban J connectivity index is 1.78. The predicted octanol–water partition coefficient (Wildman–Crippen LogP) is 4.30. The second-order valence-corrected chi connectivity index (χ2v) is 5.73. The van der Waals surface area contributed by atoms with Gasteiger partial charge in [0.25, 0.3) is 0 Å². The van der Waals surface area contributed by atoms with Crippen molar-refractivity contribution in [2.24, 2.45) is 0 Å². The normalized spacial score (nSPS) is 10.8. The SMILES string of the molecule is Nc1cccc(CCC(=O)c2cccc3ccsc23)c1. The molecule has 2 nitrogen and oxygen atoms in total. The standard InChI is InChI=1S/C17H15NOS/c18-14-5-1-3-12(11-14)7-8-16(19)15-6-2-4-13-9-10-20-17(13)15/h1-6,9-11H,7-8,18H2. The van der Waals surface area contributed by atoms with Gasteiger partial charge in [0.15, 0.2) is 5.78 Å². The molecule has 0 fully saturated rings. The van der Waals surface area contributed by atoms with Crippen molar-refractivity contribution < 1.29 is 4.79 Å². The molecule has 0 saturated heterocycles. The lowest BCUT2D eigenvalue weighted by atomic mass is 10.0. The van der Waals surface area contributed by atoms with Crippen LogP contribution in [-0.4, -0.2) is 5.78 Å². The van der Waals surface area contributed by atoms with Crippen LogP contribution in [0.2, 0.25) is 0 Å². The van der Waals surface area contributed by atoms with Crippen LogP contribution in [0.5, 0.6) is 0 Å². The summed E-state index contributed by atoms with van der Waals surface area (Å²) in [7, 11) is 0. The summed E-state index contributed by atoms with van der Waals surface area (Å²) in [6, 6.07) is 15.7. The number of ketones is 1. The number of aryl methyl sites for hydroxylation is 1. The molecule has 0 radical (unpaired) electrons. The Morgan fingerprint density at radius 3 is 2.80 bits per heavy atom. The highest BCUT2D eigenvalue weighted by Gasteiger charge is 2.11. The van der Waals surface area contributed by atoms with Gasteiger partial charge in [0.05, 0.1) is 0 Å². The quantitative estimate of drug-likeness (QED) is 0.572. The Kier molecular flexibility index (Phi) is 3.52. The summed E-state index contributed by atoms with van der Waals surface area (Å²) >= 11 is 1.63. The van der Waals surface area contributed by atoms with Gasteiger partial charge < -0.3 is 5.73 Å². The van der Waals surface area contributed by atoms with Crippen LogP contribution in [0.4, 0.5) is 5.69 Å². The molecule has 0 amide bonds. The Bertz CT molecular complexity index is 760. The van der Waals surface area contributed by atoms with E-state index in [1.807, 2.05) is 47.8 Å². The minimum atomic E-state index is 0.195. The molecular weight excluding hydrogens is 266 g/mol. The lowest BCUT2D eigenvalue weighted by molar-refractivity contribution is 0.0984. The number of carbonyl (C=O) groups is 1. The molecule has 1 heterocycles. The van der Waals surface area contributed by atoms with Gasteiger partial charge in [0, 0.05) is 22.4 Å². The summed E-state index contributed by atoms with van der Waals surface area (Å²) in [6.07, 6.45) is 1.24. The number of carbonyl (C=O) groups excluding carboxylic acids is 1. The van der Waals surface area contributed by atoms with E-state index in [1.165, 1.54) is 0 Å². The van der Waals surface area contributed by atoms with E-state index in [0.717, 1.165) is 33.3 Å². The molecule has 1 aromatic heterocycles. The van der Waals surface area contributed by atoms with Crippen LogP contribution in [0.1, 0.15) is 22.3 Å². The maximum Gasteiger partial charge on any atom is 0.164 e. The summed E-state index contributed by atoms with van der Waals surface area (Å²) < 4.78 is 1.09. The van der Waals surface area contributed by atoms with Crippen LogP contribution in [0.15, 0.2) is 53.9 Å². The Morgan fingerprint density at radius 2 is 1.95 bits per heavy atom. The number of fused-ring (bicyclic) bond motifs is 1. The van der Waals surface area contributed by atoms with E-state index in [2.05, 4.69) is 6.07 Å². The first-order valence-electron chi connectivity index (χ1n) is 6.58. The van der Waals surface area contributed by atoms with E-state index < -0.39 is 0 Å². The van der Waals surface area contributed by atoms with Crippen molar-refractivity contribution >= 4 is 32.9 Å². The molecule has 20 heavy (non-hydrogen) atoms. The molecule has 2 N–H and O–H groups in total. The molecule has 0 atom stereocenters. The highest BCUT2D eigenvalue weighted by Crippen LogP contribution is 2.26. The van der Waals surface area contributed by atoms with Crippen LogP contribution in [-0.2, 0) is 6.42 Å². The molecule has 0 saturated carbocycles. The number of nitrogen functional groups attached to an aromatic ring is 1. The van der Waals surface area contributed by atoms with Gasteiger partial charge in [0.1, 0.15) is 0 Å². The fraction of sp³-hybridized carbons (Fsp3) is 0.118. The zero-order valence-electron chi connectivity index (χ0n) is 11.0. The van der Waals surface area contributed by atoms with Crippen molar-refractivity contribution in [2.75, 3.05) is 5.73 Å². The van der Waals surface area contributed by atoms with Crippen molar-refractivity contribution in [3.8, 4) is 0 Å². The maximum absolute atomic E-state index is 12.4. The van der Waals surface area contributed by atoms with E-state index >= 15 is 0 Å². The summed E-state index contributed by atoms with van der Waals surface area (Å²) in [6.45, 7) is 0. The third kappa shape index (κ3) is 2.58. The van der Waals surface area contributed by atoms with Gasteiger partial charge >= 0.3 is 0 Å². The molecule has 0 spiro atoms. The molecule has 100 valence electrons. The average Bonchev–Trinajstić information content (AvgIpc) is 2.93. The molecule has 0 aliphatic carbocycles. The minimum absolute atomic E-state index is 0.195. The number of benzene rings is 2. The Hall–Kier alpha value is -2.13. The van der Waals surface area contributed by atoms with Crippen LogP contribution >= 0.6 is 11.3 Å². The average molecular weight is 281 g/mol. The number of rotatable bonds is 4. The zero-order valence-corrected chi connectivity index (χ0v) is 11.8. The van der Waals surface area contributed by atoms with Crippen molar-refractivity contribution in [3.63, 3.8) is 0 Å². The number of hydrogen-bond acceptors (Lipinski definition) is 3. The largest absolute Gasteiger partial charge is 0.399 e. The number of thiophene rings is 1. The highest BCUT2D eigenvalue weighted by atomic mass is 32.1. The van der Waals surface area contributed by atoms with Gasteiger partial charge in [-0.05, 0) is 47.0 Å². The van der Waals surface area contributed by atoms with Crippen LogP contribution in [0, 0.1) is 0 Å². The highest BCUT2D eigenvalue weighted by molar-refractivity contribution is 7.17. The van der Waals surface area contributed by atoms with E-state index in [0.29, 0.717) is 6.42 Å². The first kappa shape index (κ1) is 12.9. The van der Waals surface area contributed by atoms with E-state index in [9.17, 15) is 4.79 Å². The van der Waals surface area contributed by atoms with Crippen molar-refractivity contribution in [2.45, 2.75) is 12.8 Å². The second-order valence-electron chi connectivity index (χ2n) is 4.81. The van der Waals surface area contributed by atoms with E-state index in [4.69, 9.17) is 5.73 Å². The van der Waals surface area contributed by atoms with Gasteiger partial charge in [-0.1, -0.05) is 24.3 Å². The third-order valence-electron chi connectivity index (χ3n) is 3.37. The van der Waals surface area contributed by atoms with Gasteiger partial charge in [0.2, 0.25) is 0 Å². The molecule has 0 aliphatic rings. The third-order valence-corrected chi connectivity index (χ3v) is 4.33. The van der Waals surface area contributed by atoms with Crippen molar-refractivity contribution in [1.29, 1.82) is 0 Å². The van der Waals surface area contributed by atoms with Gasteiger partial charge in [-0.2, -0.15) is 0 Å². The molecule has 3 rings (SSSR count). The van der Waals surface area contributed by atoms with Crippen LogP contribution < -0.4 is 5.73 Å². The first-order chi connectivity index (χ1) is 9.74. The van der Waals surface area contributed by atoms with Crippen molar-refractivity contribution in [3.05, 3.63) is 65.0 Å². The molecule has 0 bridgehead atoms. The number of Topliss-reactive ketones (excluding diaryl/α,β-unsaturated/α-hetero) is 1. The van der Waals surface area contributed by atoms with E-state index in [1.54, 1.807) is 11.3 Å². The molecule has 0 aliphatic heterocycles. The summed E-state index contributed by atoms with van der Waals surface area (Å²) in [5.74, 6) is 0.195. The fourth-order valence-electron chi connectivity index (χ4n) is 2.35. The van der Waals surface area contributed by atoms with Gasteiger partial charge in [-0.15, -0.1) is 11.3 Å². The molecule has 3 aromatic rings. The maximum atomic E-state index is 12.4. The van der Waals surface area contributed by atoms with Crippen molar-refractivity contribution in [1.82, 2.24) is 0 Å². The first-order valence-corrected chi connectivity index (χ1v) is 7.46. The summed E-state index contributed by atoms with van der Waals surface area (Å²) in [5, 5.41) is 3.17. The minimum Gasteiger partial charge on any atom is -0.399 e. The second kappa shape index (κ2) is 5.47. The Labute approximate surface area is 121 Å². The topological polar surface area (TPSA) is 43.1 Å². The van der Waals surface area contributed by atoms with Crippen LogP contribution in [0.25, 0.3) is 10.1 Å². The predicted molar refractivity (Wildman–Crippen MR) is 85.3 cm³/mol. The lowest BCUT2D eigenvalue weighted by Crippen LogP contribution is -2.01. The van der Waals surface area contributed by atoms with E-state index in [-0.39, 0.29) is 5.78 Å². The number of hydrogen-bond donors (Lipinski definition) is 1. The number of nitrogens with two attached hydrogens (primary N) is 1. The summed E-state index contributed by atoms with van der Waals surface area (Å²) in [5.41, 5.74) is 8.44. The number of anilines is 1.